The average molecular weight is 306 g/mol. The van der Waals surface area contributed by atoms with Gasteiger partial charge in [0.1, 0.15) is 11.3 Å². The average Bonchev–Trinajstić information content (AvgIpc) is 3.36. The van der Waals surface area contributed by atoms with Crippen LogP contribution in [0, 0.1) is 11.8 Å². The number of aromatic nitrogens is 3. The summed E-state index contributed by atoms with van der Waals surface area (Å²) in [4.78, 5) is 20.6. The summed E-state index contributed by atoms with van der Waals surface area (Å²) in [6, 6.07) is 1.81. The van der Waals surface area contributed by atoms with Crippen molar-refractivity contribution in [3.63, 3.8) is 0 Å². The van der Waals surface area contributed by atoms with Crippen molar-refractivity contribution in [3.8, 4) is 0 Å². The van der Waals surface area contributed by atoms with Crippen molar-refractivity contribution in [3.05, 3.63) is 23.2 Å². The standard InChI is InChI=1S/C15H16ClN3O2/c16-15-17-6-11-5-12(14(20)21-8-10-3-4-10)19(13(11)18-15)7-9-1-2-9/h5-6,9-10H,1-4,7-8H2. The molecule has 0 amide bonds. The van der Waals surface area contributed by atoms with Gasteiger partial charge in [0, 0.05) is 18.1 Å². The lowest BCUT2D eigenvalue weighted by atomic mass is 10.3. The third-order valence-electron chi connectivity index (χ3n) is 4.10. The van der Waals surface area contributed by atoms with E-state index in [4.69, 9.17) is 16.3 Å². The minimum Gasteiger partial charge on any atom is -0.461 e. The fourth-order valence-electron chi connectivity index (χ4n) is 2.48. The third kappa shape index (κ3) is 2.75. The Balaban J connectivity index is 1.68. The lowest BCUT2D eigenvalue weighted by molar-refractivity contribution is 0.0473. The Labute approximate surface area is 127 Å². The first-order valence-corrected chi connectivity index (χ1v) is 7.77. The van der Waals surface area contributed by atoms with Crippen LogP contribution in [0.5, 0.6) is 0 Å². The molecule has 2 saturated carbocycles. The van der Waals surface area contributed by atoms with Crippen LogP contribution in [0.25, 0.3) is 11.0 Å². The van der Waals surface area contributed by atoms with Crippen LogP contribution in [0.2, 0.25) is 5.28 Å². The minimum atomic E-state index is -0.267. The molecular weight excluding hydrogens is 290 g/mol. The van der Waals surface area contributed by atoms with E-state index in [2.05, 4.69) is 9.97 Å². The fourth-order valence-corrected chi connectivity index (χ4v) is 2.61. The molecule has 2 heterocycles. The highest BCUT2D eigenvalue weighted by Gasteiger charge is 2.28. The molecule has 4 rings (SSSR count). The van der Waals surface area contributed by atoms with Gasteiger partial charge in [0.15, 0.2) is 0 Å². The monoisotopic (exact) mass is 305 g/mol. The Morgan fingerprint density at radius 2 is 2.10 bits per heavy atom. The van der Waals surface area contributed by atoms with E-state index < -0.39 is 0 Å². The second kappa shape index (κ2) is 4.98. The zero-order valence-corrected chi connectivity index (χ0v) is 12.3. The van der Waals surface area contributed by atoms with Gasteiger partial charge >= 0.3 is 5.97 Å². The Hall–Kier alpha value is -1.62. The van der Waals surface area contributed by atoms with Gasteiger partial charge in [0.25, 0.3) is 0 Å². The van der Waals surface area contributed by atoms with Crippen LogP contribution in [0.15, 0.2) is 12.3 Å². The molecule has 0 spiro atoms. The van der Waals surface area contributed by atoms with Crippen LogP contribution in [0.4, 0.5) is 0 Å². The van der Waals surface area contributed by atoms with Gasteiger partial charge in [0.2, 0.25) is 5.28 Å². The Bertz CT molecular complexity index is 704. The Morgan fingerprint density at radius 3 is 2.81 bits per heavy atom. The maximum Gasteiger partial charge on any atom is 0.355 e. The zero-order chi connectivity index (χ0) is 14.4. The second-order valence-electron chi connectivity index (χ2n) is 6.04. The molecule has 110 valence electrons. The molecule has 0 aliphatic heterocycles. The number of carbonyl (C=O) groups is 1. The van der Waals surface area contributed by atoms with Gasteiger partial charge in [-0.25, -0.2) is 9.78 Å². The number of hydrogen-bond donors (Lipinski definition) is 0. The van der Waals surface area contributed by atoms with E-state index in [1.807, 2.05) is 10.6 Å². The number of halogens is 1. The number of ether oxygens (including phenoxy) is 1. The molecular formula is C15H16ClN3O2. The summed E-state index contributed by atoms with van der Waals surface area (Å²) in [6.07, 6.45) is 6.40. The fraction of sp³-hybridized carbons (Fsp3) is 0.533. The van der Waals surface area contributed by atoms with E-state index in [1.165, 1.54) is 25.7 Å². The smallest absolute Gasteiger partial charge is 0.355 e. The molecule has 2 aromatic heterocycles. The van der Waals surface area contributed by atoms with Gasteiger partial charge < -0.3 is 9.30 Å². The number of hydrogen-bond acceptors (Lipinski definition) is 4. The van der Waals surface area contributed by atoms with E-state index in [-0.39, 0.29) is 11.3 Å². The van der Waals surface area contributed by atoms with Gasteiger partial charge in [-0.15, -0.1) is 0 Å². The van der Waals surface area contributed by atoms with E-state index >= 15 is 0 Å². The lowest BCUT2D eigenvalue weighted by Gasteiger charge is -2.09. The lowest BCUT2D eigenvalue weighted by Crippen LogP contribution is -2.14. The van der Waals surface area contributed by atoms with Crippen LogP contribution in [-0.2, 0) is 11.3 Å². The molecule has 0 radical (unpaired) electrons. The molecule has 5 nitrogen and oxygen atoms in total. The van der Waals surface area contributed by atoms with Crippen molar-refractivity contribution in [1.29, 1.82) is 0 Å². The van der Waals surface area contributed by atoms with Gasteiger partial charge in [-0.05, 0) is 55.2 Å². The largest absolute Gasteiger partial charge is 0.461 e. The number of esters is 1. The molecule has 2 aromatic rings. The van der Waals surface area contributed by atoms with Gasteiger partial charge in [-0.2, -0.15) is 4.98 Å². The first-order chi connectivity index (χ1) is 10.2. The predicted molar refractivity (Wildman–Crippen MR) is 78.3 cm³/mol. The maximum absolute atomic E-state index is 12.3. The third-order valence-corrected chi connectivity index (χ3v) is 4.28. The van der Waals surface area contributed by atoms with Crippen LogP contribution < -0.4 is 0 Å². The molecule has 0 N–H and O–H groups in total. The molecule has 2 aliphatic rings. The van der Waals surface area contributed by atoms with Crippen molar-refractivity contribution in [2.75, 3.05) is 6.61 Å². The van der Waals surface area contributed by atoms with Crippen LogP contribution in [0.3, 0.4) is 0 Å². The molecule has 2 fully saturated rings. The van der Waals surface area contributed by atoms with Gasteiger partial charge in [-0.1, -0.05) is 0 Å². The SMILES string of the molecule is O=C(OCC1CC1)c1cc2cnc(Cl)nc2n1CC1CC1. The number of carbonyl (C=O) groups excluding carboxylic acids is 1. The zero-order valence-electron chi connectivity index (χ0n) is 11.6. The predicted octanol–water partition coefficient (Wildman–Crippen LogP) is 3.06. The van der Waals surface area contributed by atoms with Crippen molar-refractivity contribution >= 4 is 28.6 Å². The topological polar surface area (TPSA) is 57.0 Å². The second-order valence-corrected chi connectivity index (χ2v) is 6.38. The van der Waals surface area contributed by atoms with Gasteiger partial charge in [-0.3, -0.25) is 0 Å². The highest BCUT2D eigenvalue weighted by Crippen LogP contribution is 2.33. The van der Waals surface area contributed by atoms with E-state index in [0.717, 1.165) is 17.6 Å². The summed E-state index contributed by atoms with van der Waals surface area (Å²) in [5, 5.41) is 1.04. The van der Waals surface area contributed by atoms with Gasteiger partial charge in [0.05, 0.1) is 6.61 Å². The van der Waals surface area contributed by atoms with Crippen molar-refractivity contribution in [1.82, 2.24) is 14.5 Å². The van der Waals surface area contributed by atoms with Crippen LogP contribution in [0.1, 0.15) is 36.2 Å². The molecule has 0 atom stereocenters. The minimum absolute atomic E-state index is 0.204. The van der Waals surface area contributed by atoms with E-state index in [9.17, 15) is 4.79 Å². The van der Waals surface area contributed by atoms with Crippen molar-refractivity contribution in [2.45, 2.75) is 32.2 Å². The summed E-state index contributed by atoms with van der Waals surface area (Å²) in [5.74, 6) is 0.922. The number of rotatable bonds is 5. The molecule has 0 unspecified atom stereocenters. The summed E-state index contributed by atoms with van der Waals surface area (Å²) in [7, 11) is 0. The van der Waals surface area contributed by atoms with E-state index in [1.54, 1.807) is 6.20 Å². The first-order valence-electron chi connectivity index (χ1n) is 7.39. The Morgan fingerprint density at radius 1 is 1.33 bits per heavy atom. The summed E-state index contributed by atoms with van der Waals surface area (Å²) in [5.41, 5.74) is 1.29. The van der Waals surface area contributed by atoms with Crippen molar-refractivity contribution in [2.24, 2.45) is 11.8 Å². The molecule has 6 heteroatoms. The first kappa shape index (κ1) is 13.1. The van der Waals surface area contributed by atoms with E-state index in [0.29, 0.717) is 24.1 Å². The van der Waals surface area contributed by atoms with Crippen LogP contribution in [-0.4, -0.2) is 27.1 Å². The summed E-state index contributed by atoms with van der Waals surface area (Å²) in [6.45, 7) is 1.32. The van der Waals surface area contributed by atoms with Crippen LogP contribution >= 0.6 is 11.6 Å². The number of fused-ring (bicyclic) bond motifs is 1. The highest BCUT2D eigenvalue weighted by molar-refractivity contribution is 6.28. The molecule has 21 heavy (non-hydrogen) atoms. The highest BCUT2D eigenvalue weighted by atomic mass is 35.5. The summed E-state index contributed by atoms with van der Waals surface area (Å²) < 4.78 is 7.35. The molecule has 2 aliphatic carbocycles. The molecule has 0 saturated heterocycles. The quantitative estimate of drug-likeness (QED) is 0.629. The number of nitrogens with zero attached hydrogens (tertiary/aromatic N) is 3. The Kier molecular flexibility index (Phi) is 3.10. The summed E-state index contributed by atoms with van der Waals surface area (Å²) >= 11 is 5.89. The molecule has 0 aromatic carbocycles. The maximum atomic E-state index is 12.3. The normalized spacial score (nSPS) is 18.1. The molecule has 0 bridgehead atoms. The van der Waals surface area contributed by atoms with Crippen molar-refractivity contribution < 1.29 is 9.53 Å².